The molecule has 0 N–H and O–H groups in total. The highest BCUT2D eigenvalue weighted by molar-refractivity contribution is 5.80. The zero-order valence-electron chi connectivity index (χ0n) is 7.63. The zero-order valence-corrected chi connectivity index (χ0v) is 7.63. The summed E-state index contributed by atoms with van der Waals surface area (Å²) in [6.45, 7) is 3.69. The number of hydrogen-bond acceptors (Lipinski definition) is 1. The minimum absolute atomic E-state index is 0.211. The van der Waals surface area contributed by atoms with Crippen LogP contribution < -0.4 is 0 Å². The van der Waals surface area contributed by atoms with Crippen LogP contribution in [0.5, 0.6) is 0 Å². The summed E-state index contributed by atoms with van der Waals surface area (Å²) in [5, 5.41) is 0.864. The van der Waals surface area contributed by atoms with Crippen molar-refractivity contribution in [2.24, 2.45) is 0 Å². The molecule has 0 saturated heterocycles. The minimum Gasteiger partial charge on any atom is -0.253 e. The molecule has 1 aromatic carbocycles. The van der Waals surface area contributed by atoms with Crippen LogP contribution in [0, 0.1) is 19.7 Å². The van der Waals surface area contributed by atoms with Crippen molar-refractivity contribution in [1.82, 2.24) is 4.98 Å². The van der Waals surface area contributed by atoms with Gasteiger partial charge in [0.25, 0.3) is 0 Å². The van der Waals surface area contributed by atoms with Gasteiger partial charge in [-0.3, -0.25) is 4.98 Å². The normalized spacial score (nSPS) is 10.7. The Morgan fingerprint density at radius 2 is 2.00 bits per heavy atom. The van der Waals surface area contributed by atoms with Crippen LogP contribution in [0.25, 0.3) is 10.9 Å². The summed E-state index contributed by atoms with van der Waals surface area (Å²) in [4.78, 5) is 4.07. The Morgan fingerprint density at radius 1 is 1.23 bits per heavy atom. The molecule has 0 saturated carbocycles. The molecule has 2 heteroatoms. The number of aromatic nitrogens is 1. The van der Waals surface area contributed by atoms with Crippen LogP contribution in [0.1, 0.15) is 11.1 Å². The summed E-state index contributed by atoms with van der Waals surface area (Å²) in [5.74, 6) is -0.211. The lowest BCUT2D eigenvalue weighted by Gasteiger charge is -2.01. The second-order valence-electron chi connectivity index (χ2n) is 3.28. The predicted octanol–water partition coefficient (Wildman–Crippen LogP) is 2.99. The van der Waals surface area contributed by atoms with E-state index < -0.39 is 0 Å². The van der Waals surface area contributed by atoms with Crippen molar-refractivity contribution >= 4 is 10.9 Å². The Kier molecular flexibility index (Phi) is 1.76. The van der Waals surface area contributed by atoms with E-state index in [9.17, 15) is 4.39 Å². The fraction of sp³-hybridized carbons (Fsp3) is 0.182. The highest BCUT2D eigenvalue weighted by atomic mass is 19.1. The molecule has 66 valence electrons. The molecule has 1 nitrogen and oxygen atoms in total. The maximum Gasteiger partial charge on any atom is 0.152 e. The van der Waals surface area contributed by atoms with Crippen LogP contribution in [0.4, 0.5) is 4.39 Å². The van der Waals surface area contributed by atoms with E-state index in [1.54, 1.807) is 19.2 Å². The quantitative estimate of drug-likeness (QED) is 0.599. The highest BCUT2D eigenvalue weighted by Gasteiger charge is 2.04. The predicted molar refractivity (Wildman–Crippen MR) is 51.2 cm³/mol. The van der Waals surface area contributed by atoms with E-state index in [1.165, 1.54) is 0 Å². The fourth-order valence-electron chi connectivity index (χ4n) is 1.38. The minimum atomic E-state index is -0.211. The van der Waals surface area contributed by atoms with E-state index in [4.69, 9.17) is 0 Å². The molecule has 2 aromatic rings. The van der Waals surface area contributed by atoms with Crippen LogP contribution in [-0.2, 0) is 0 Å². The van der Waals surface area contributed by atoms with E-state index in [2.05, 4.69) is 4.98 Å². The first kappa shape index (κ1) is 8.17. The SMILES string of the molecule is Cc1cnc2c(F)c(C)ccc2c1. The molecule has 13 heavy (non-hydrogen) atoms. The molecule has 0 unspecified atom stereocenters. The average Bonchev–Trinajstić information content (AvgIpc) is 2.12. The van der Waals surface area contributed by atoms with Crippen molar-refractivity contribution in [3.63, 3.8) is 0 Å². The maximum absolute atomic E-state index is 13.5. The van der Waals surface area contributed by atoms with Gasteiger partial charge in [-0.05, 0) is 31.0 Å². The summed E-state index contributed by atoms with van der Waals surface area (Å²) in [6, 6.07) is 5.61. The maximum atomic E-state index is 13.5. The van der Waals surface area contributed by atoms with Gasteiger partial charge in [-0.2, -0.15) is 0 Å². The van der Waals surface area contributed by atoms with Crippen molar-refractivity contribution in [3.05, 3.63) is 41.3 Å². The van der Waals surface area contributed by atoms with Gasteiger partial charge in [0.05, 0.1) is 0 Å². The lowest BCUT2D eigenvalue weighted by atomic mass is 10.1. The number of fused-ring (bicyclic) bond motifs is 1. The monoisotopic (exact) mass is 175 g/mol. The van der Waals surface area contributed by atoms with Crippen molar-refractivity contribution in [2.45, 2.75) is 13.8 Å². The Bertz CT molecular complexity index is 463. The van der Waals surface area contributed by atoms with Gasteiger partial charge in [0, 0.05) is 11.6 Å². The summed E-state index contributed by atoms with van der Waals surface area (Å²) in [7, 11) is 0. The van der Waals surface area contributed by atoms with E-state index in [-0.39, 0.29) is 5.82 Å². The first-order valence-electron chi connectivity index (χ1n) is 4.20. The second-order valence-corrected chi connectivity index (χ2v) is 3.28. The number of halogens is 1. The van der Waals surface area contributed by atoms with Gasteiger partial charge < -0.3 is 0 Å². The van der Waals surface area contributed by atoms with Crippen molar-refractivity contribution in [2.75, 3.05) is 0 Å². The first-order chi connectivity index (χ1) is 6.18. The average molecular weight is 175 g/mol. The van der Waals surface area contributed by atoms with Gasteiger partial charge in [-0.1, -0.05) is 12.1 Å². The van der Waals surface area contributed by atoms with E-state index in [1.807, 2.05) is 19.1 Å². The lowest BCUT2D eigenvalue weighted by molar-refractivity contribution is 0.627. The Hall–Kier alpha value is -1.44. The molecule has 0 fully saturated rings. The molecule has 0 spiro atoms. The molecular weight excluding hydrogens is 165 g/mol. The van der Waals surface area contributed by atoms with Gasteiger partial charge >= 0.3 is 0 Å². The summed E-state index contributed by atoms with van der Waals surface area (Å²) in [5.41, 5.74) is 2.16. The Labute approximate surface area is 76.2 Å². The van der Waals surface area contributed by atoms with Crippen LogP contribution in [-0.4, -0.2) is 4.98 Å². The Balaban J connectivity index is 2.87. The van der Waals surface area contributed by atoms with Crippen LogP contribution in [0.2, 0.25) is 0 Å². The number of rotatable bonds is 0. The number of hydrogen-bond donors (Lipinski definition) is 0. The molecule has 1 heterocycles. The summed E-state index contributed by atoms with van der Waals surface area (Å²) in [6.07, 6.45) is 1.69. The molecule has 0 atom stereocenters. The van der Waals surface area contributed by atoms with Gasteiger partial charge in [0.1, 0.15) is 5.52 Å². The summed E-state index contributed by atoms with van der Waals surface area (Å²) >= 11 is 0. The fourth-order valence-corrected chi connectivity index (χ4v) is 1.38. The molecule has 2 rings (SSSR count). The third-order valence-corrected chi connectivity index (χ3v) is 2.12. The molecular formula is C11H10FN. The number of aryl methyl sites for hydroxylation is 2. The third kappa shape index (κ3) is 1.28. The molecule has 0 aliphatic carbocycles. The van der Waals surface area contributed by atoms with Crippen molar-refractivity contribution in [1.29, 1.82) is 0 Å². The molecule has 0 aliphatic heterocycles. The van der Waals surface area contributed by atoms with E-state index >= 15 is 0 Å². The van der Waals surface area contributed by atoms with E-state index in [0.717, 1.165) is 10.9 Å². The molecule has 1 aromatic heterocycles. The number of pyridine rings is 1. The van der Waals surface area contributed by atoms with Crippen molar-refractivity contribution in [3.8, 4) is 0 Å². The Morgan fingerprint density at radius 3 is 2.77 bits per heavy atom. The topological polar surface area (TPSA) is 12.9 Å². The largest absolute Gasteiger partial charge is 0.253 e. The second kappa shape index (κ2) is 2.80. The van der Waals surface area contributed by atoms with Gasteiger partial charge in [0.2, 0.25) is 0 Å². The van der Waals surface area contributed by atoms with E-state index in [0.29, 0.717) is 11.1 Å². The molecule has 0 aliphatic rings. The van der Waals surface area contributed by atoms with Gasteiger partial charge in [-0.25, -0.2) is 4.39 Å². The van der Waals surface area contributed by atoms with Crippen LogP contribution in [0.3, 0.4) is 0 Å². The van der Waals surface area contributed by atoms with Crippen LogP contribution >= 0.6 is 0 Å². The smallest absolute Gasteiger partial charge is 0.152 e. The van der Waals surface area contributed by atoms with Gasteiger partial charge in [0.15, 0.2) is 5.82 Å². The van der Waals surface area contributed by atoms with Gasteiger partial charge in [-0.15, -0.1) is 0 Å². The number of benzene rings is 1. The number of nitrogens with zero attached hydrogens (tertiary/aromatic N) is 1. The standard InChI is InChI=1S/C11H10FN/c1-7-5-9-4-3-8(2)10(12)11(9)13-6-7/h3-6H,1-2H3. The van der Waals surface area contributed by atoms with Crippen LogP contribution in [0.15, 0.2) is 24.4 Å². The molecule has 0 bridgehead atoms. The highest BCUT2D eigenvalue weighted by Crippen LogP contribution is 2.18. The zero-order chi connectivity index (χ0) is 9.42. The third-order valence-electron chi connectivity index (χ3n) is 2.12. The first-order valence-corrected chi connectivity index (χ1v) is 4.20. The lowest BCUT2D eigenvalue weighted by Crippen LogP contribution is -1.88. The van der Waals surface area contributed by atoms with Crippen molar-refractivity contribution < 1.29 is 4.39 Å². The molecule has 0 radical (unpaired) electrons. The molecule has 0 amide bonds. The summed E-state index contributed by atoms with van der Waals surface area (Å²) < 4.78 is 13.5.